The maximum absolute atomic E-state index is 13.3. The van der Waals surface area contributed by atoms with Crippen molar-refractivity contribution in [1.29, 1.82) is 0 Å². The topological polar surface area (TPSA) is 29.5 Å². The first-order valence-electron chi connectivity index (χ1n) is 9.64. The van der Waals surface area contributed by atoms with Crippen LogP contribution in [0.5, 0.6) is 0 Å². The number of hydrogen-bond acceptors (Lipinski definition) is 2. The number of morpholine rings is 1. The van der Waals surface area contributed by atoms with Crippen LogP contribution in [-0.2, 0) is 9.53 Å². The molecule has 2 aliphatic rings. The molecule has 1 saturated carbocycles. The molecular weight excluding hydrogens is 393 g/mol. The lowest BCUT2D eigenvalue weighted by molar-refractivity contribution is -0.174. The fourth-order valence-corrected chi connectivity index (χ4v) is 4.17. The first kappa shape index (κ1) is 19.5. The average Bonchev–Trinajstić information content (AvgIpc) is 3.50. The second-order valence-electron chi connectivity index (χ2n) is 7.56. The van der Waals surface area contributed by atoms with Crippen molar-refractivity contribution in [3.05, 3.63) is 82.4 Å². The van der Waals surface area contributed by atoms with Gasteiger partial charge in [0.25, 0.3) is 5.91 Å². The van der Waals surface area contributed by atoms with Crippen LogP contribution in [0, 0.1) is 5.92 Å². The second-order valence-corrected chi connectivity index (χ2v) is 8.43. The van der Waals surface area contributed by atoms with Crippen LogP contribution in [0.15, 0.2) is 61.2 Å². The molecule has 1 heterocycles. The van der Waals surface area contributed by atoms with E-state index in [2.05, 4.69) is 6.58 Å². The third-order valence-electron chi connectivity index (χ3n) is 5.41. The van der Waals surface area contributed by atoms with Crippen LogP contribution >= 0.6 is 23.2 Å². The van der Waals surface area contributed by atoms with E-state index < -0.39 is 6.10 Å². The molecule has 0 bridgehead atoms. The molecule has 2 fully saturated rings. The van der Waals surface area contributed by atoms with E-state index in [0.717, 1.165) is 17.7 Å². The number of nitrogens with zero attached hydrogens (tertiary/aromatic N) is 1. The summed E-state index contributed by atoms with van der Waals surface area (Å²) in [5.41, 5.74) is 1.98. The number of amides is 1. The molecule has 1 saturated heterocycles. The molecule has 3 nitrogen and oxygen atoms in total. The number of carbonyl (C=O) groups excluding carboxylic acids is 1. The molecule has 2 aromatic rings. The first-order valence-corrected chi connectivity index (χ1v) is 10.4. The van der Waals surface area contributed by atoms with Crippen molar-refractivity contribution < 1.29 is 9.53 Å². The van der Waals surface area contributed by atoms with Gasteiger partial charge in [0.1, 0.15) is 12.2 Å². The molecule has 3 atom stereocenters. The van der Waals surface area contributed by atoms with E-state index in [1.54, 1.807) is 6.08 Å². The highest BCUT2D eigenvalue weighted by atomic mass is 35.5. The van der Waals surface area contributed by atoms with Gasteiger partial charge in [0, 0.05) is 23.0 Å². The van der Waals surface area contributed by atoms with Gasteiger partial charge in [-0.3, -0.25) is 4.79 Å². The number of carbonyl (C=O) groups is 1. The van der Waals surface area contributed by atoms with Gasteiger partial charge in [-0.1, -0.05) is 53.5 Å². The van der Waals surface area contributed by atoms with Gasteiger partial charge < -0.3 is 9.64 Å². The molecule has 0 radical (unpaired) electrons. The minimum absolute atomic E-state index is 0.0324. The molecule has 0 unspecified atom stereocenters. The monoisotopic (exact) mass is 415 g/mol. The molecule has 1 aliphatic carbocycles. The van der Waals surface area contributed by atoms with Crippen LogP contribution in [0.3, 0.4) is 0 Å². The Morgan fingerprint density at radius 1 is 1.07 bits per heavy atom. The first-order chi connectivity index (χ1) is 13.6. The molecule has 1 amide bonds. The highest BCUT2D eigenvalue weighted by Gasteiger charge is 2.45. The lowest BCUT2D eigenvalue weighted by atomic mass is 9.91. The van der Waals surface area contributed by atoms with Gasteiger partial charge in [0.15, 0.2) is 0 Å². The molecule has 146 valence electrons. The zero-order chi connectivity index (χ0) is 19.7. The molecule has 2 aromatic carbocycles. The minimum Gasteiger partial charge on any atom is -0.358 e. The summed E-state index contributed by atoms with van der Waals surface area (Å²) in [6.07, 6.45) is 3.75. The van der Waals surface area contributed by atoms with E-state index >= 15 is 0 Å². The predicted octanol–water partition coefficient (Wildman–Crippen LogP) is 5.99. The summed E-state index contributed by atoms with van der Waals surface area (Å²) in [5.74, 6) is 0.603. The van der Waals surface area contributed by atoms with E-state index in [1.807, 2.05) is 53.4 Å². The third-order valence-corrected chi connectivity index (χ3v) is 5.90. The van der Waals surface area contributed by atoms with Crippen molar-refractivity contribution in [3.8, 4) is 0 Å². The molecule has 4 rings (SSSR count). The highest BCUT2D eigenvalue weighted by molar-refractivity contribution is 6.30. The molecular formula is C23H23Cl2NO2. The fraction of sp³-hybridized carbons (Fsp3) is 0.348. The van der Waals surface area contributed by atoms with E-state index in [1.165, 1.54) is 12.8 Å². The van der Waals surface area contributed by atoms with E-state index in [9.17, 15) is 4.79 Å². The van der Waals surface area contributed by atoms with Crippen LogP contribution in [0.1, 0.15) is 42.5 Å². The van der Waals surface area contributed by atoms with Crippen molar-refractivity contribution in [3.63, 3.8) is 0 Å². The van der Waals surface area contributed by atoms with Crippen LogP contribution in [0.25, 0.3) is 0 Å². The van der Waals surface area contributed by atoms with Gasteiger partial charge >= 0.3 is 0 Å². The van der Waals surface area contributed by atoms with Crippen molar-refractivity contribution in [2.45, 2.75) is 37.5 Å². The normalized spacial score (nSPS) is 25.0. The maximum Gasteiger partial charge on any atom is 0.252 e. The van der Waals surface area contributed by atoms with Gasteiger partial charge in [-0.05, 0) is 54.2 Å². The summed E-state index contributed by atoms with van der Waals surface area (Å²) in [5, 5.41) is 1.33. The zero-order valence-electron chi connectivity index (χ0n) is 15.6. The van der Waals surface area contributed by atoms with E-state index in [0.29, 0.717) is 22.4 Å². The molecule has 5 heteroatoms. The Hall–Kier alpha value is -1.81. The lowest BCUT2D eigenvalue weighted by Gasteiger charge is -2.45. The average molecular weight is 416 g/mol. The summed E-state index contributed by atoms with van der Waals surface area (Å²) in [6, 6.07) is 15.2. The number of ether oxygens (including phenoxy) is 1. The number of rotatable bonds is 6. The van der Waals surface area contributed by atoms with Crippen molar-refractivity contribution in [2.24, 2.45) is 5.92 Å². The van der Waals surface area contributed by atoms with Crippen LogP contribution in [0.4, 0.5) is 0 Å². The van der Waals surface area contributed by atoms with Crippen LogP contribution < -0.4 is 0 Å². The Morgan fingerprint density at radius 3 is 2.46 bits per heavy atom. The van der Waals surface area contributed by atoms with Crippen molar-refractivity contribution in [2.75, 3.05) is 6.54 Å². The predicted molar refractivity (Wildman–Crippen MR) is 113 cm³/mol. The fourth-order valence-electron chi connectivity index (χ4n) is 3.84. The molecule has 1 aliphatic heterocycles. The summed E-state index contributed by atoms with van der Waals surface area (Å²) >= 11 is 12.4. The van der Waals surface area contributed by atoms with Gasteiger partial charge in [0.2, 0.25) is 0 Å². The summed E-state index contributed by atoms with van der Waals surface area (Å²) in [4.78, 5) is 15.3. The molecule has 0 spiro atoms. The van der Waals surface area contributed by atoms with Crippen molar-refractivity contribution >= 4 is 29.1 Å². The third kappa shape index (κ3) is 4.12. The van der Waals surface area contributed by atoms with Gasteiger partial charge in [-0.15, -0.1) is 6.58 Å². The van der Waals surface area contributed by atoms with E-state index in [-0.39, 0.29) is 18.1 Å². The number of halogens is 2. The standard InChI is InChI=1S/C23H23Cl2NO2/c1-2-4-20-23(27)26(14-15-7-8-15)21(16-9-11-18(24)12-10-16)22(28-20)17-5-3-6-19(25)13-17/h2-3,5-6,9-13,15,20-22H,1,4,7-8,14H2/t20-,21-,22-/m1/s1. The SMILES string of the molecule is C=CC[C@H]1O[C@H](c2cccc(Cl)c2)[C@@H](c2ccc(Cl)cc2)N(CC2CC2)C1=O. The van der Waals surface area contributed by atoms with Gasteiger partial charge in [0.05, 0.1) is 6.04 Å². The highest BCUT2D eigenvalue weighted by Crippen LogP contribution is 2.45. The Balaban J connectivity index is 1.79. The van der Waals surface area contributed by atoms with Gasteiger partial charge in [-0.2, -0.15) is 0 Å². The lowest BCUT2D eigenvalue weighted by Crippen LogP contribution is -2.51. The van der Waals surface area contributed by atoms with Crippen LogP contribution in [-0.4, -0.2) is 23.5 Å². The Kier molecular flexibility index (Phi) is 5.77. The summed E-state index contributed by atoms with van der Waals surface area (Å²) in [7, 11) is 0. The Labute approximate surface area is 175 Å². The van der Waals surface area contributed by atoms with Crippen molar-refractivity contribution in [1.82, 2.24) is 4.90 Å². The van der Waals surface area contributed by atoms with Crippen LogP contribution in [0.2, 0.25) is 10.0 Å². The Morgan fingerprint density at radius 2 is 1.82 bits per heavy atom. The van der Waals surface area contributed by atoms with Gasteiger partial charge in [-0.25, -0.2) is 0 Å². The number of hydrogen-bond donors (Lipinski definition) is 0. The largest absolute Gasteiger partial charge is 0.358 e. The summed E-state index contributed by atoms with van der Waals surface area (Å²) in [6.45, 7) is 4.55. The molecule has 0 aromatic heterocycles. The zero-order valence-corrected chi connectivity index (χ0v) is 17.1. The molecule has 0 N–H and O–H groups in total. The summed E-state index contributed by atoms with van der Waals surface area (Å²) < 4.78 is 6.36. The minimum atomic E-state index is -0.524. The second kappa shape index (κ2) is 8.28. The maximum atomic E-state index is 13.3. The number of benzene rings is 2. The quantitative estimate of drug-likeness (QED) is 0.542. The molecule has 28 heavy (non-hydrogen) atoms. The Bertz CT molecular complexity index is 863. The van der Waals surface area contributed by atoms with E-state index in [4.69, 9.17) is 27.9 Å². The smallest absolute Gasteiger partial charge is 0.252 e.